The van der Waals surface area contributed by atoms with Gasteiger partial charge in [-0.3, -0.25) is 4.68 Å². The molecule has 0 aliphatic carbocycles. The molecule has 2 heterocycles. The zero-order chi connectivity index (χ0) is 16.4. The van der Waals surface area contributed by atoms with E-state index in [1.807, 2.05) is 28.9 Å². The van der Waals surface area contributed by atoms with Crippen LogP contribution >= 0.6 is 0 Å². The van der Waals surface area contributed by atoms with Crippen molar-refractivity contribution in [3.05, 3.63) is 46.8 Å². The van der Waals surface area contributed by atoms with E-state index in [9.17, 15) is 9.90 Å². The van der Waals surface area contributed by atoms with Crippen molar-refractivity contribution in [2.75, 3.05) is 13.7 Å². The first kappa shape index (κ1) is 15.4. The van der Waals surface area contributed by atoms with Crippen molar-refractivity contribution in [3.63, 3.8) is 0 Å². The van der Waals surface area contributed by atoms with E-state index in [0.29, 0.717) is 25.2 Å². The van der Waals surface area contributed by atoms with E-state index >= 15 is 0 Å². The molecule has 1 aromatic heterocycles. The number of aromatic nitrogens is 2. The molecule has 23 heavy (non-hydrogen) atoms. The molecule has 1 aromatic carbocycles. The van der Waals surface area contributed by atoms with Crippen LogP contribution < -0.4 is 4.74 Å². The van der Waals surface area contributed by atoms with E-state index in [0.717, 1.165) is 22.6 Å². The molecule has 122 valence electrons. The molecule has 7 heteroatoms. The average molecular weight is 317 g/mol. The Morgan fingerprint density at radius 3 is 2.70 bits per heavy atom. The molecule has 2 aromatic rings. The van der Waals surface area contributed by atoms with Crippen molar-refractivity contribution in [3.8, 4) is 5.75 Å². The highest BCUT2D eigenvalue weighted by atomic mass is 16.5. The van der Waals surface area contributed by atoms with Gasteiger partial charge in [0.25, 0.3) is 0 Å². The quantitative estimate of drug-likeness (QED) is 0.891. The summed E-state index contributed by atoms with van der Waals surface area (Å²) in [7, 11) is 1.63. The van der Waals surface area contributed by atoms with E-state index in [-0.39, 0.29) is 13.2 Å². The number of ether oxygens (including phenoxy) is 1. The normalized spacial score (nSPS) is 13.7. The van der Waals surface area contributed by atoms with Crippen LogP contribution in [-0.4, -0.2) is 44.6 Å². The predicted molar refractivity (Wildman–Crippen MR) is 82.4 cm³/mol. The average Bonchev–Trinajstić information content (AvgIpc) is 2.92. The number of carboxylic acid groups (broad SMARTS) is 1. The van der Waals surface area contributed by atoms with Gasteiger partial charge >= 0.3 is 6.09 Å². The Hall–Kier alpha value is -2.54. The Labute approximate surface area is 133 Å². The maximum absolute atomic E-state index is 11.1. The third kappa shape index (κ3) is 3.00. The first-order valence-electron chi connectivity index (χ1n) is 7.41. The second-order valence-corrected chi connectivity index (χ2v) is 5.49. The third-order valence-electron chi connectivity index (χ3n) is 4.13. The van der Waals surface area contributed by atoms with E-state index in [4.69, 9.17) is 9.84 Å². The molecular weight excluding hydrogens is 298 g/mol. The second kappa shape index (κ2) is 6.29. The highest BCUT2D eigenvalue weighted by molar-refractivity contribution is 5.65. The van der Waals surface area contributed by atoms with Gasteiger partial charge in [-0.05, 0) is 17.7 Å². The SMILES string of the molecule is COc1ccc(Cn2nc(CO)c3c2CCN(C(=O)O)C3)cc1. The number of benzene rings is 1. The zero-order valence-electron chi connectivity index (χ0n) is 12.9. The number of carbonyl (C=O) groups is 1. The number of aliphatic hydroxyl groups excluding tert-OH is 1. The summed E-state index contributed by atoms with van der Waals surface area (Å²) in [6, 6.07) is 7.73. The van der Waals surface area contributed by atoms with Gasteiger partial charge in [0.05, 0.1) is 32.5 Å². The summed E-state index contributed by atoms with van der Waals surface area (Å²) in [5.41, 5.74) is 3.46. The van der Waals surface area contributed by atoms with Gasteiger partial charge in [-0.15, -0.1) is 0 Å². The number of rotatable bonds is 4. The number of nitrogens with zero attached hydrogens (tertiary/aromatic N) is 3. The fraction of sp³-hybridized carbons (Fsp3) is 0.375. The minimum absolute atomic E-state index is 0.189. The zero-order valence-corrected chi connectivity index (χ0v) is 12.9. The van der Waals surface area contributed by atoms with Crippen LogP contribution in [0.3, 0.4) is 0 Å². The highest BCUT2D eigenvalue weighted by Gasteiger charge is 2.26. The second-order valence-electron chi connectivity index (χ2n) is 5.49. The van der Waals surface area contributed by atoms with E-state index in [2.05, 4.69) is 5.10 Å². The fourth-order valence-corrected chi connectivity index (χ4v) is 2.89. The summed E-state index contributed by atoms with van der Waals surface area (Å²) in [6.45, 7) is 1.12. The summed E-state index contributed by atoms with van der Waals surface area (Å²) in [5.74, 6) is 0.796. The van der Waals surface area contributed by atoms with E-state index in [1.54, 1.807) is 7.11 Å². The van der Waals surface area contributed by atoms with Crippen LogP contribution in [0.15, 0.2) is 24.3 Å². The molecule has 0 radical (unpaired) electrons. The Balaban J connectivity index is 1.87. The topological polar surface area (TPSA) is 87.8 Å². The molecule has 0 bridgehead atoms. The van der Waals surface area contributed by atoms with Crippen LogP contribution in [0.2, 0.25) is 0 Å². The van der Waals surface area contributed by atoms with Crippen molar-refractivity contribution >= 4 is 6.09 Å². The molecule has 0 atom stereocenters. The van der Waals surface area contributed by atoms with Crippen LogP contribution in [0.5, 0.6) is 5.75 Å². The van der Waals surface area contributed by atoms with E-state index in [1.165, 1.54) is 4.90 Å². The molecule has 2 N–H and O–H groups in total. The molecule has 0 fully saturated rings. The Kier molecular flexibility index (Phi) is 4.20. The highest BCUT2D eigenvalue weighted by Crippen LogP contribution is 2.24. The summed E-state index contributed by atoms with van der Waals surface area (Å²) in [4.78, 5) is 12.5. The molecule has 7 nitrogen and oxygen atoms in total. The summed E-state index contributed by atoms with van der Waals surface area (Å²) in [5, 5.41) is 23.1. The Morgan fingerprint density at radius 2 is 2.09 bits per heavy atom. The molecule has 3 rings (SSSR count). The number of methoxy groups -OCH3 is 1. The van der Waals surface area contributed by atoms with Crippen molar-refractivity contribution in [2.24, 2.45) is 0 Å². The lowest BCUT2D eigenvalue weighted by Gasteiger charge is -2.25. The number of fused-ring (bicyclic) bond motifs is 1. The van der Waals surface area contributed by atoms with Crippen molar-refractivity contribution in [1.82, 2.24) is 14.7 Å². The van der Waals surface area contributed by atoms with Crippen LogP contribution in [0.1, 0.15) is 22.5 Å². The predicted octanol–water partition coefficient (Wildman–Crippen LogP) is 1.47. The monoisotopic (exact) mass is 317 g/mol. The van der Waals surface area contributed by atoms with Crippen molar-refractivity contribution in [1.29, 1.82) is 0 Å². The minimum atomic E-state index is -0.942. The van der Waals surface area contributed by atoms with Gasteiger partial charge < -0.3 is 19.8 Å². The third-order valence-corrected chi connectivity index (χ3v) is 4.13. The molecule has 1 aliphatic heterocycles. The Morgan fingerprint density at radius 1 is 1.35 bits per heavy atom. The number of hydrogen-bond donors (Lipinski definition) is 2. The van der Waals surface area contributed by atoms with E-state index < -0.39 is 6.09 Å². The van der Waals surface area contributed by atoms with Crippen LogP contribution in [0.25, 0.3) is 0 Å². The summed E-state index contributed by atoms with van der Waals surface area (Å²) < 4.78 is 7.01. The molecule has 0 saturated carbocycles. The smallest absolute Gasteiger partial charge is 0.407 e. The van der Waals surface area contributed by atoms with Gasteiger partial charge in [0.1, 0.15) is 5.75 Å². The first-order valence-corrected chi connectivity index (χ1v) is 7.41. The molecule has 0 saturated heterocycles. The van der Waals surface area contributed by atoms with Gasteiger partial charge in [0.2, 0.25) is 0 Å². The fourth-order valence-electron chi connectivity index (χ4n) is 2.89. The lowest BCUT2D eigenvalue weighted by atomic mass is 10.1. The molecule has 1 aliphatic rings. The Bertz CT molecular complexity index is 709. The molecule has 1 amide bonds. The summed E-state index contributed by atoms with van der Waals surface area (Å²) >= 11 is 0. The lowest BCUT2D eigenvalue weighted by Crippen LogP contribution is -2.35. The first-order chi connectivity index (χ1) is 11.1. The number of amides is 1. The van der Waals surface area contributed by atoms with Crippen LogP contribution in [0, 0.1) is 0 Å². The maximum atomic E-state index is 11.1. The van der Waals surface area contributed by atoms with Gasteiger partial charge in [0.15, 0.2) is 0 Å². The minimum Gasteiger partial charge on any atom is -0.497 e. The maximum Gasteiger partial charge on any atom is 0.407 e. The van der Waals surface area contributed by atoms with Crippen molar-refractivity contribution < 1.29 is 19.7 Å². The van der Waals surface area contributed by atoms with Gasteiger partial charge in [-0.1, -0.05) is 12.1 Å². The molecule has 0 spiro atoms. The number of aliphatic hydroxyl groups is 1. The van der Waals surface area contributed by atoms with Crippen molar-refractivity contribution in [2.45, 2.75) is 26.1 Å². The van der Waals surface area contributed by atoms with Crippen LogP contribution in [0.4, 0.5) is 4.79 Å². The van der Waals surface area contributed by atoms with Crippen LogP contribution in [-0.2, 0) is 26.1 Å². The standard InChI is InChI=1S/C16H19N3O4/c1-23-12-4-2-11(3-5-12)8-19-15-6-7-18(16(21)22)9-13(15)14(10-20)17-19/h2-5,20H,6-10H2,1H3,(H,21,22). The summed E-state index contributed by atoms with van der Waals surface area (Å²) in [6.07, 6.45) is -0.340. The number of hydrogen-bond acceptors (Lipinski definition) is 4. The van der Waals surface area contributed by atoms with Gasteiger partial charge in [-0.25, -0.2) is 4.79 Å². The van der Waals surface area contributed by atoms with Gasteiger partial charge in [-0.2, -0.15) is 5.10 Å². The molecular formula is C16H19N3O4. The largest absolute Gasteiger partial charge is 0.497 e. The molecule has 0 unspecified atom stereocenters. The van der Waals surface area contributed by atoms with Gasteiger partial charge in [0, 0.05) is 24.2 Å². The lowest BCUT2D eigenvalue weighted by molar-refractivity contribution is 0.139.